The van der Waals surface area contributed by atoms with Crippen LogP contribution in [0.3, 0.4) is 0 Å². The van der Waals surface area contributed by atoms with Gasteiger partial charge in [-0.25, -0.2) is 13.4 Å². The Morgan fingerprint density at radius 2 is 1.79 bits per heavy atom. The van der Waals surface area contributed by atoms with Gasteiger partial charge in [-0.2, -0.15) is 0 Å². The Bertz CT molecular complexity index is 1460. The van der Waals surface area contributed by atoms with Gasteiger partial charge in [-0.15, -0.1) is 0 Å². The summed E-state index contributed by atoms with van der Waals surface area (Å²) in [7, 11) is -3.91. The van der Waals surface area contributed by atoms with E-state index in [1.54, 1.807) is 31.2 Å². The first kappa shape index (κ1) is 23.5. The fourth-order valence-corrected chi connectivity index (χ4v) is 5.37. The van der Waals surface area contributed by atoms with Crippen LogP contribution in [0, 0.1) is 6.92 Å². The van der Waals surface area contributed by atoms with E-state index < -0.39 is 10.0 Å². The first-order valence-corrected chi connectivity index (χ1v) is 12.7. The molecule has 3 aromatic carbocycles. The minimum Gasteiger partial charge on any atom is -0.328 e. The predicted octanol–water partition coefficient (Wildman–Crippen LogP) is 4.91. The van der Waals surface area contributed by atoms with E-state index in [-0.39, 0.29) is 16.5 Å². The van der Waals surface area contributed by atoms with Crippen molar-refractivity contribution in [3.05, 3.63) is 83.7 Å². The fourth-order valence-electron chi connectivity index (χ4n) is 4.07. The monoisotopic (exact) mass is 476 g/mol. The van der Waals surface area contributed by atoms with E-state index in [1.165, 1.54) is 6.92 Å². The SMILES string of the molecule is CCn1c(CCc2cccc(NS(=O)(=O)c3cc(C)ccc3NC(C)=O)c2)nc2ccccc21. The van der Waals surface area contributed by atoms with E-state index in [2.05, 4.69) is 27.6 Å². The van der Waals surface area contributed by atoms with Crippen LogP contribution >= 0.6 is 0 Å². The van der Waals surface area contributed by atoms with Gasteiger partial charge < -0.3 is 9.88 Å². The molecule has 0 aliphatic carbocycles. The van der Waals surface area contributed by atoms with Crippen LogP contribution in [-0.4, -0.2) is 23.9 Å². The third kappa shape index (κ3) is 5.12. The Hall–Kier alpha value is -3.65. The summed E-state index contributed by atoms with van der Waals surface area (Å²) in [5, 5.41) is 2.60. The van der Waals surface area contributed by atoms with Crippen LogP contribution in [0.2, 0.25) is 0 Å². The molecule has 0 aliphatic heterocycles. The summed E-state index contributed by atoms with van der Waals surface area (Å²) < 4.78 is 31.2. The summed E-state index contributed by atoms with van der Waals surface area (Å²) in [5.41, 5.74) is 4.60. The summed E-state index contributed by atoms with van der Waals surface area (Å²) in [4.78, 5) is 16.3. The molecular formula is C26H28N4O3S. The molecule has 176 valence electrons. The van der Waals surface area contributed by atoms with Crippen molar-refractivity contribution in [2.24, 2.45) is 0 Å². The van der Waals surface area contributed by atoms with Gasteiger partial charge in [0.05, 0.1) is 16.7 Å². The number of imidazole rings is 1. The average Bonchev–Trinajstić information content (AvgIpc) is 3.16. The highest BCUT2D eigenvalue weighted by Crippen LogP contribution is 2.26. The number of fused-ring (bicyclic) bond motifs is 1. The van der Waals surface area contributed by atoms with Crippen LogP contribution in [0.5, 0.6) is 0 Å². The average molecular weight is 477 g/mol. The second-order valence-electron chi connectivity index (χ2n) is 8.25. The van der Waals surface area contributed by atoms with Crippen LogP contribution in [0.25, 0.3) is 11.0 Å². The van der Waals surface area contributed by atoms with Crippen LogP contribution in [-0.2, 0) is 34.2 Å². The van der Waals surface area contributed by atoms with E-state index >= 15 is 0 Å². The number of aromatic nitrogens is 2. The molecule has 0 saturated heterocycles. The van der Waals surface area contributed by atoms with Gasteiger partial charge in [0.2, 0.25) is 5.91 Å². The molecule has 1 amide bonds. The minimum absolute atomic E-state index is 0.0322. The summed E-state index contributed by atoms with van der Waals surface area (Å²) in [6, 6.07) is 20.4. The smallest absolute Gasteiger partial charge is 0.263 e. The second kappa shape index (κ2) is 9.69. The van der Waals surface area contributed by atoms with Crippen LogP contribution in [0.15, 0.2) is 71.6 Å². The Morgan fingerprint density at radius 3 is 2.56 bits per heavy atom. The molecule has 4 aromatic rings. The molecule has 8 heteroatoms. The number of sulfonamides is 1. The van der Waals surface area contributed by atoms with Gasteiger partial charge in [-0.1, -0.05) is 30.3 Å². The zero-order chi connectivity index (χ0) is 24.3. The summed E-state index contributed by atoms with van der Waals surface area (Å²) in [6.45, 7) is 6.09. The normalized spacial score (nSPS) is 11.5. The third-order valence-electron chi connectivity index (χ3n) is 5.60. The number of hydrogen-bond acceptors (Lipinski definition) is 4. The van der Waals surface area contributed by atoms with Crippen molar-refractivity contribution in [2.75, 3.05) is 10.0 Å². The number of anilines is 2. The van der Waals surface area contributed by atoms with E-state index in [1.807, 2.05) is 36.4 Å². The van der Waals surface area contributed by atoms with Crippen molar-refractivity contribution in [3.63, 3.8) is 0 Å². The number of amides is 1. The molecule has 0 unspecified atom stereocenters. The molecule has 0 bridgehead atoms. The number of rotatable bonds is 8. The van der Waals surface area contributed by atoms with Crippen molar-refractivity contribution in [2.45, 2.75) is 45.1 Å². The Morgan fingerprint density at radius 1 is 1.00 bits per heavy atom. The molecule has 2 N–H and O–H groups in total. The molecule has 0 radical (unpaired) electrons. The zero-order valence-electron chi connectivity index (χ0n) is 19.5. The van der Waals surface area contributed by atoms with Gasteiger partial charge in [0.25, 0.3) is 10.0 Å². The Labute approximate surface area is 199 Å². The molecule has 0 saturated carbocycles. The van der Waals surface area contributed by atoms with Crippen molar-refractivity contribution < 1.29 is 13.2 Å². The number of hydrogen-bond donors (Lipinski definition) is 2. The van der Waals surface area contributed by atoms with E-state index in [4.69, 9.17) is 4.98 Å². The lowest BCUT2D eigenvalue weighted by Gasteiger charge is -2.14. The van der Waals surface area contributed by atoms with Crippen LogP contribution < -0.4 is 10.0 Å². The van der Waals surface area contributed by atoms with Gasteiger partial charge in [0.15, 0.2) is 0 Å². The molecule has 1 aromatic heterocycles. The van der Waals surface area contributed by atoms with Crippen LogP contribution in [0.4, 0.5) is 11.4 Å². The predicted molar refractivity (Wildman–Crippen MR) is 136 cm³/mol. The summed E-state index contributed by atoms with van der Waals surface area (Å²) in [5.74, 6) is 0.676. The van der Waals surface area contributed by atoms with Gasteiger partial charge in [0.1, 0.15) is 10.7 Å². The molecule has 1 heterocycles. The number of benzene rings is 3. The topological polar surface area (TPSA) is 93.1 Å². The number of nitrogens with one attached hydrogen (secondary N) is 2. The maximum absolute atomic E-state index is 13.2. The van der Waals surface area contributed by atoms with Gasteiger partial charge in [-0.3, -0.25) is 9.52 Å². The molecule has 34 heavy (non-hydrogen) atoms. The number of carbonyl (C=O) groups excluding carboxylic acids is 1. The highest BCUT2D eigenvalue weighted by molar-refractivity contribution is 7.92. The highest BCUT2D eigenvalue weighted by Gasteiger charge is 2.20. The highest BCUT2D eigenvalue weighted by atomic mass is 32.2. The minimum atomic E-state index is -3.91. The molecule has 0 atom stereocenters. The van der Waals surface area contributed by atoms with Gasteiger partial charge in [-0.05, 0) is 67.8 Å². The lowest BCUT2D eigenvalue weighted by Crippen LogP contribution is -2.17. The maximum atomic E-state index is 13.2. The standard InChI is InChI=1S/C26H28N4O3S/c1-4-30-24-11-6-5-10-22(24)28-26(30)15-13-20-8-7-9-21(17-20)29-34(32,33)25-16-18(2)12-14-23(25)27-19(3)31/h5-12,14,16-17,29H,4,13,15H2,1-3H3,(H,27,31). The van der Waals surface area contributed by atoms with Crippen LogP contribution in [0.1, 0.15) is 30.8 Å². The van der Waals surface area contributed by atoms with Gasteiger partial charge >= 0.3 is 0 Å². The van der Waals surface area contributed by atoms with Crippen molar-refractivity contribution in [3.8, 4) is 0 Å². The number of nitrogens with zero attached hydrogens (tertiary/aromatic N) is 2. The van der Waals surface area contributed by atoms with E-state index in [9.17, 15) is 13.2 Å². The first-order chi connectivity index (χ1) is 16.3. The molecular weight excluding hydrogens is 448 g/mol. The third-order valence-corrected chi connectivity index (χ3v) is 7.02. The fraction of sp³-hybridized carbons (Fsp3) is 0.231. The Balaban J connectivity index is 1.55. The van der Waals surface area contributed by atoms with Crippen molar-refractivity contribution in [1.82, 2.24) is 9.55 Å². The molecule has 0 fully saturated rings. The molecule has 4 rings (SSSR count). The molecule has 0 aliphatic rings. The molecule has 7 nitrogen and oxygen atoms in total. The maximum Gasteiger partial charge on any atom is 0.263 e. The lowest BCUT2D eigenvalue weighted by molar-refractivity contribution is -0.114. The molecule has 0 spiro atoms. The number of aryl methyl sites for hydroxylation is 4. The number of carbonyl (C=O) groups is 1. The summed E-state index contributed by atoms with van der Waals surface area (Å²) in [6.07, 6.45) is 1.46. The van der Waals surface area contributed by atoms with E-state index in [0.29, 0.717) is 5.69 Å². The number of para-hydroxylation sites is 2. The Kier molecular flexibility index (Phi) is 6.70. The van der Waals surface area contributed by atoms with E-state index in [0.717, 1.165) is 47.4 Å². The summed E-state index contributed by atoms with van der Waals surface area (Å²) >= 11 is 0. The van der Waals surface area contributed by atoms with Gasteiger partial charge in [0, 0.05) is 25.6 Å². The van der Waals surface area contributed by atoms with Crippen molar-refractivity contribution >= 4 is 38.3 Å². The van der Waals surface area contributed by atoms with Crippen molar-refractivity contribution in [1.29, 1.82) is 0 Å². The first-order valence-electron chi connectivity index (χ1n) is 11.2. The zero-order valence-corrected chi connectivity index (χ0v) is 20.3. The lowest BCUT2D eigenvalue weighted by atomic mass is 10.1. The second-order valence-corrected chi connectivity index (χ2v) is 9.90. The quantitative estimate of drug-likeness (QED) is 0.378. The largest absolute Gasteiger partial charge is 0.328 e.